The van der Waals surface area contributed by atoms with Gasteiger partial charge in [0.1, 0.15) is 5.69 Å². The number of pyridine rings is 1. The Balaban J connectivity index is 1.77. The van der Waals surface area contributed by atoms with Gasteiger partial charge in [0.25, 0.3) is 11.8 Å². The van der Waals surface area contributed by atoms with Gasteiger partial charge in [0.2, 0.25) is 10.6 Å². The van der Waals surface area contributed by atoms with E-state index < -0.39 is 17.7 Å². The molecule has 0 aliphatic heterocycles. The molecule has 3 aromatic rings. The molecule has 3 amide bonds. The second-order valence-electron chi connectivity index (χ2n) is 4.86. The maximum Gasteiger partial charge on any atom is 0.271 e. The molecule has 3 aromatic heterocycles. The van der Waals surface area contributed by atoms with E-state index in [-0.39, 0.29) is 17.9 Å². The molecule has 3 rings (SSSR count). The molecule has 5 N–H and O–H groups in total. The van der Waals surface area contributed by atoms with Gasteiger partial charge in [-0.25, -0.2) is 9.50 Å². The van der Waals surface area contributed by atoms with E-state index in [1.807, 2.05) is 0 Å². The summed E-state index contributed by atoms with van der Waals surface area (Å²) in [6.07, 6.45) is 2.77. The van der Waals surface area contributed by atoms with Crippen LogP contribution in [0, 0.1) is 0 Å². The minimum atomic E-state index is -0.689. The van der Waals surface area contributed by atoms with Crippen LogP contribution >= 0.6 is 15.9 Å². The molecule has 0 bridgehead atoms. The van der Waals surface area contributed by atoms with Crippen molar-refractivity contribution in [3.63, 3.8) is 0 Å². The van der Waals surface area contributed by atoms with Gasteiger partial charge in [0.15, 0.2) is 5.65 Å². The Hall–Kier alpha value is -3.28. The molecule has 0 unspecified atom stereocenters. The van der Waals surface area contributed by atoms with Gasteiger partial charge in [0.05, 0.1) is 24.0 Å². The first-order valence-corrected chi connectivity index (χ1v) is 7.66. The van der Waals surface area contributed by atoms with Gasteiger partial charge >= 0.3 is 0 Å². The Morgan fingerprint density at radius 3 is 2.84 bits per heavy atom. The fourth-order valence-corrected chi connectivity index (χ4v) is 2.35. The van der Waals surface area contributed by atoms with Crippen molar-refractivity contribution < 1.29 is 14.4 Å². The lowest BCUT2D eigenvalue weighted by atomic mass is 10.2. The number of nitrogens with zero attached hydrogens (tertiary/aromatic N) is 4. The van der Waals surface area contributed by atoms with Crippen molar-refractivity contribution in [1.82, 2.24) is 30.1 Å². The number of aromatic amines is 1. The van der Waals surface area contributed by atoms with Crippen molar-refractivity contribution in [1.29, 1.82) is 0 Å². The summed E-state index contributed by atoms with van der Waals surface area (Å²) in [5.41, 5.74) is 6.00. The van der Waals surface area contributed by atoms with E-state index in [4.69, 9.17) is 5.73 Å². The highest BCUT2D eigenvalue weighted by Gasteiger charge is 2.17. The Kier molecular flexibility index (Phi) is 4.43. The van der Waals surface area contributed by atoms with Crippen LogP contribution in [0.15, 0.2) is 29.3 Å². The minimum Gasteiger partial charge on any atom is -0.368 e. The van der Waals surface area contributed by atoms with Gasteiger partial charge in [-0.2, -0.15) is 5.10 Å². The summed E-state index contributed by atoms with van der Waals surface area (Å²) in [4.78, 5) is 39.1. The Labute approximate surface area is 148 Å². The summed E-state index contributed by atoms with van der Waals surface area (Å²) in [6.45, 7) is -0.330. The van der Waals surface area contributed by atoms with Crippen LogP contribution in [-0.4, -0.2) is 49.1 Å². The van der Waals surface area contributed by atoms with Gasteiger partial charge in [-0.3, -0.25) is 19.5 Å². The average molecular weight is 407 g/mol. The minimum absolute atomic E-state index is 0.000761. The highest BCUT2D eigenvalue weighted by atomic mass is 79.9. The molecule has 0 radical (unpaired) electrons. The molecule has 128 valence electrons. The Morgan fingerprint density at radius 1 is 1.28 bits per heavy atom. The predicted octanol–water partition coefficient (Wildman–Crippen LogP) is -0.318. The van der Waals surface area contributed by atoms with Gasteiger partial charge in [0, 0.05) is 6.20 Å². The molecule has 11 nitrogen and oxygen atoms in total. The van der Waals surface area contributed by atoms with Crippen LogP contribution in [0.2, 0.25) is 0 Å². The van der Waals surface area contributed by atoms with Crippen LogP contribution in [0.25, 0.3) is 5.65 Å². The number of hydrogen-bond acceptors (Lipinski definition) is 6. The highest BCUT2D eigenvalue weighted by molar-refractivity contribution is 9.10. The van der Waals surface area contributed by atoms with E-state index in [0.717, 1.165) is 0 Å². The molecule has 0 aliphatic rings. The summed E-state index contributed by atoms with van der Waals surface area (Å²) in [5, 5.41) is 15.1. The molecule has 0 spiro atoms. The number of nitrogens with one attached hydrogen (secondary N) is 3. The standard InChI is InChI=1S/C13H11BrN8O3/c14-13-19-9-2-1-6(5-22(9)21-13)11(24)18-7-3-17-20-10(7)12(25)16-4-8(15)23/h1-3,5H,4H2,(H2,15,23)(H,16,25)(H,17,20)(H,18,24). The third-order valence-corrected chi connectivity index (χ3v) is 3.44. The number of primary amides is 1. The lowest BCUT2D eigenvalue weighted by Crippen LogP contribution is -2.34. The van der Waals surface area contributed by atoms with Crippen molar-refractivity contribution in [3.05, 3.63) is 40.5 Å². The predicted molar refractivity (Wildman–Crippen MR) is 88.8 cm³/mol. The Bertz CT molecular complexity index is 979. The topological polar surface area (TPSA) is 160 Å². The number of amides is 3. The van der Waals surface area contributed by atoms with Crippen LogP contribution < -0.4 is 16.4 Å². The average Bonchev–Trinajstić information content (AvgIpc) is 3.16. The number of carbonyl (C=O) groups excluding carboxylic acids is 3. The van der Waals surface area contributed by atoms with Crippen molar-refractivity contribution >= 4 is 45.0 Å². The molecule has 25 heavy (non-hydrogen) atoms. The zero-order chi connectivity index (χ0) is 18.0. The first kappa shape index (κ1) is 16.6. The van der Waals surface area contributed by atoms with Gasteiger partial charge in [-0.15, -0.1) is 5.10 Å². The van der Waals surface area contributed by atoms with Crippen molar-refractivity contribution in [2.45, 2.75) is 0 Å². The number of halogens is 1. The van der Waals surface area contributed by atoms with E-state index in [1.165, 1.54) is 16.9 Å². The first-order chi connectivity index (χ1) is 11.9. The summed E-state index contributed by atoms with van der Waals surface area (Å²) in [6, 6.07) is 3.20. The number of H-pyrrole nitrogens is 1. The number of carbonyl (C=O) groups is 3. The number of fused-ring (bicyclic) bond motifs is 1. The number of hydrogen-bond donors (Lipinski definition) is 4. The van der Waals surface area contributed by atoms with Crippen LogP contribution in [0.5, 0.6) is 0 Å². The van der Waals surface area contributed by atoms with Crippen LogP contribution in [0.1, 0.15) is 20.8 Å². The summed E-state index contributed by atoms with van der Waals surface area (Å²) < 4.78 is 1.84. The maximum absolute atomic E-state index is 12.4. The van der Waals surface area contributed by atoms with E-state index in [2.05, 4.69) is 46.8 Å². The van der Waals surface area contributed by atoms with E-state index >= 15 is 0 Å². The zero-order valence-electron chi connectivity index (χ0n) is 12.5. The molecule has 12 heteroatoms. The van der Waals surface area contributed by atoms with Gasteiger partial charge in [-0.05, 0) is 28.1 Å². The zero-order valence-corrected chi connectivity index (χ0v) is 14.1. The largest absolute Gasteiger partial charge is 0.368 e. The van der Waals surface area contributed by atoms with Crippen molar-refractivity contribution in [2.75, 3.05) is 11.9 Å². The SMILES string of the molecule is NC(=O)CNC(=O)c1[nH]ncc1NC(=O)c1ccc2nc(Br)nn2c1. The Morgan fingerprint density at radius 2 is 2.08 bits per heavy atom. The first-order valence-electron chi connectivity index (χ1n) is 6.87. The molecule has 0 aliphatic carbocycles. The second kappa shape index (κ2) is 6.68. The van der Waals surface area contributed by atoms with Gasteiger partial charge < -0.3 is 16.4 Å². The summed E-state index contributed by atoms with van der Waals surface area (Å²) in [7, 11) is 0. The molecule has 0 atom stereocenters. The highest BCUT2D eigenvalue weighted by Crippen LogP contribution is 2.14. The molecular weight excluding hydrogens is 396 g/mol. The van der Waals surface area contributed by atoms with Gasteiger partial charge in [-0.1, -0.05) is 0 Å². The van der Waals surface area contributed by atoms with Crippen molar-refractivity contribution in [2.24, 2.45) is 5.73 Å². The second-order valence-corrected chi connectivity index (χ2v) is 5.57. The van der Waals surface area contributed by atoms with E-state index in [1.54, 1.807) is 12.1 Å². The van der Waals surface area contributed by atoms with E-state index in [0.29, 0.717) is 15.9 Å². The quantitative estimate of drug-likeness (QED) is 0.454. The lowest BCUT2D eigenvalue weighted by molar-refractivity contribution is -0.117. The molecular formula is C13H11BrN8O3. The number of rotatable bonds is 5. The number of nitrogens with two attached hydrogens (primary N) is 1. The monoisotopic (exact) mass is 406 g/mol. The number of aromatic nitrogens is 5. The molecule has 0 saturated heterocycles. The normalized spacial score (nSPS) is 10.6. The third-order valence-electron chi connectivity index (χ3n) is 3.11. The number of anilines is 1. The van der Waals surface area contributed by atoms with Crippen LogP contribution in [-0.2, 0) is 4.79 Å². The summed E-state index contributed by atoms with van der Waals surface area (Å²) in [5.74, 6) is -1.79. The lowest BCUT2D eigenvalue weighted by Gasteiger charge is -2.06. The fraction of sp³-hybridized carbons (Fsp3) is 0.0769. The fourth-order valence-electron chi connectivity index (χ4n) is 1.99. The molecule has 3 heterocycles. The summed E-state index contributed by atoms with van der Waals surface area (Å²) >= 11 is 3.15. The van der Waals surface area contributed by atoms with Crippen LogP contribution in [0.4, 0.5) is 5.69 Å². The van der Waals surface area contributed by atoms with Crippen molar-refractivity contribution in [3.8, 4) is 0 Å². The van der Waals surface area contributed by atoms with E-state index in [9.17, 15) is 14.4 Å². The molecule has 0 fully saturated rings. The maximum atomic E-state index is 12.4. The molecule has 0 aromatic carbocycles. The smallest absolute Gasteiger partial charge is 0.271 e. The van der Waals surface area contributed by atoms with Crippen LogP contribution in [0.3, 0.4) is 0 Å². The molecule has 0 saturated carbocycles. The third kappa shape index (κ3) is 3.63.